The van der Waals surface area contributed by atoms with Crippen LogP contribution in [-0.2, 0) is 18.4 Å². The van der Waals surface area contributed by atoms with Gasteiger partial charge < -0.3 is 5.32 Å². The maximum atomic E-state index is 12.8. The molecule has 0 radical (unpaired) electrons. The van der Waals surface area contributed by atoms with Gasteiger partial charge in [-0.3, -0.25) is 14.3 Å². The monoisotopic (exact) mass is 417 g/mol. The molecule has 0 unspecified atom stereocenters. The fraction of sp³-hybridized carbons (Fsp3) is 0.333. The van der Waals surface area contributed by atoms with Crippen LogP contribution in [0.3, 0.4) is 0 Å². The number of amides is 1. The van der Waals surface area contributed by atoms with E-state index in [1.807, 2.05) is 32.9 Å². The molecule has 7 nitrogen and oxygen atoms in total. The van der Waals surface area contributed by atoms with Crippen molar-refractivity contribution in [3.8, 4) is 0 Å². The Morgan fingerprint density at radius 2 is 2.04 bits per heavy atom. The summed E-state index contributed by atoms with van der Waals surface area (Å²) >= 11 is 3.44. The maximum Gasteiger partial charge on any atom is 0.275 e. The zero-order valence-electron chi connectivity index (χ0n) is 15.1. The van der Waals surface area contributed by atoms with E-state index in [-0.39, 0.29) is 23.9 Å². The van der Waals surface area contributed by atoms with Gasteiger partial charge in [-0.1, -0.05) is 29.8 Å². The van der Waals surface area contributed by atoms with Gasteiger partial charge >= 0.3 is 0 Å². The van der Waals surface area contributed by atoms with E-state index < -0.39 is 0 Å². The minimum absolute atomic E-state index is 0.112. The summed E-state index contributed by atoms with van der Waals surface area (Å²) in [4.78, 5) is 25.2. The molecule has 0 saturated carbocycles. The molecule has 8 heteroatoms. The Kier molecular flexibility index (Phi) is 4.95. The number of nitrogens with zero attached hydrogens (tertiary/aromatic N) is 4. The van der Waals surface area contributed by atoms with Gasteiger partial charge in [0.25, 0.3) is 5.56 Å². The van der Waals surface area contributed by atoms with E-state index >= 15 is 0 Å². The lowest BCUT2D eigenvalue weighted by Crippen LogP contribution is -2.31. The normalized spacial score (nSPS) is 11.3. The molecule has 0 spiro atoms. The highest BCUT2D eigenvalue weighted by Gasteiger charge is 2.16. The Morgan fingerprint density at radius 1 is 1.31 bits per heavy atom. The molecule has 2 aromatic heterocycles. The molecule has 0 bridgehead atoms. The number of rotatable bonds is 4. The van der Waals surface area contributed by atoms with Crippen LogP contribution in [0.25, 0.3) is 10.8 Å². The first-order valence-electron chi connectivity index (χ1n) is 8.26. The van der Waals surface area contributed by atoms with Crippen LogP contribution in [-0.4, -0.2) is 25.5 Å². The number of hydrogen-bond acceptors (Lipinski definition) is 4. The fourth-order valence-corrected chi connectivity index (χ4v) is 3.21. The molecule has 3 aromatic rings. The van der Waals surface area contributed by atoms with Crippen molar-refractivity contribution in [3.63, 3.8) is 0 Å². The van der Waals surface area contributed by atoms with Crippen LogP contribution < -0.4 is 10.9 Å². The lowest BCUT2D eigenvalue weighted by molar-refractivity contribution is -0.117. The van der Waals surface area contributed by atoms with Crippen molar-refractivity contribution in [1.82, 2.24) is 19.6 Å². The molecule has 3 rings (SSSR count). The molecule has 0 aliphatic carbocycles. The highest BCUT2D eigenvalue weighted by atomic mass is 79.9. The second-order valence-corrected chi connectivity index (χ2v) is 7.46. The number of fused-ring (bicyclic) bond motifs is 1. The highest BCUT2D eigenvalue weighted by Crippen LogP contribution is 2.24. The van der Waals surface area contributed by atoms with Gasteiger partial charge in [0.2, 0.25) is 5.91 Å². The van der Waals surface area contributed by atoms with E-state index in [0.29, 0.717) is 11.2 Å². The SMILES string of the molecule is Cc1cnn(C)c1NC(=O)Cn1nc(C(C)C)c2cc(Br)ccc2c1=O. The molecule has 1 aromatic carbocycles. The Hall–Kier alpha value is -2.48. The Labute approximate surface area is 159 Å². The fourth-order valence-electron chi connectivity index (χ4n) is 2.85. The summed E-state index contributed by atoms with van der Waals surface area (Å²) in [5.74, 6) is 0.398. The van der Waals surface area contributed by atoms with Crippen LogP contribution >= 0.6 is 15.9 Å². The third-order valence-electron chi connectivity index (χ3n) is 4.17. The molecular weight excluding hydrogens is 398 g/mol. The van der Waals surface area contributed by atoms with E-state index in [4.69, 9.17) is 0 Å². The second-order valence-electron chi connectivity index (χ2n) is 6.54. The molecule has 0 fully saturated rings. The molecule has 1 amide bonds. The first-order valence-corrected chi connectivity index (χ1v) is 9.06. The van der Waals surface area contributed by atoms with E-state index in [1.165, 1.54) is 4.68 Å². The first-order chi connectivity index (χ1) is 12.3. The van der Waals surface area contributed by atoms with Crippen LogP contribution in [0.1, 0.15) is 31.0 Å². The average molecular weight is 418 g/mol. The number of carbonyl (C=O) groups excluding carboxylic acids is 1. The number of aryl methyl sites for hydroxylation is 2. The quantitative estimate of drug-likeness (QED) is 0.707. The summed E-state index contributed by atoms with van der Waals surface area (Å²) in [6.45, 7) is 5.72. The second kappa shape index (κ2) is 7.03. The molecule has 0 aliphatic rings. The summed E-state index contributed by atoms with van der Waals surface area (Å²) in [7, 11) is 1.75. The van der Waals surface area contributed by atoms with Crippen LogP contribution in [0, 0.1) is 6.92 Å². The molecule has 2 heterocycles. The van der Waals surface area contributed by atoms with E-state index in [1.54, 1.807) is 24.0 Å². The van der Waals surface area contributed by atoms with Gasteiger partial charge in [0.15, 0.2) is 0 Å². The lowest BCUT2D eigenvalue weighted by Gasteiger charge is -2.14. The molecule has 0 saturated heterocycles. The van der Waals surface area contributed by atoms with Crippen molar-refractivity contribution in [2.24, 2.45) is 7.05 Å². The zero-order valence-corrected chi connectivity index (χ0v) is 16.7. The van der Waals surface area contributed by atoms with Crippen molar-refractivity contribution in [3.05, 3.63) is 50.5 Å². The molecule has 0 atom stereocenters. The summed E-state index contributed by atoms with van der Waals surface area (Å²) in [5, 5.41) is 12.7. The zero-order chi connectivity index (χ0) is 19.0. The number of hydrogen-bond donors (Lipinski definition) is 1. The molecule has 1 N–H and O–H groups in total. The van der Waals surface area contributed by atoms with Crippen LogP contribution in [0.5, 0.6) is 0 Å². The summed E-state index contributed by atoms with van der Waals surface area (Å²) in [6, 6.07) is 5.47. The van der Waals surface area contributed by atoms with E-state index in [2.05, 4.69) is 31.4 Å². The first kappa shape index (κ1) is 18.3. The summed E-state index contributed by atoms with van der Waals surface area (Å²) in [6.07, 6.45) is 1.67. The highest BCUT2D eigenvalue weighted by molar-refractivity contribution is 9.10. The lowest BCUT2D eigenvalue weighted by atomic mass is 10.0. The Bertz CT molecular complexity index is 1030. The van der Waals surface area contributed by atoms with Gasteiger partial charge in [0.1, 0.15) is 12.4 Å². The van der Waals surface area contributed by atoms with Crippen LogP contribution in [0.2, 0.25) is 0 Å². The summed E-state index contributed by atoms with van der Waals surface area (Å²) < 4.78 is 3.70. The smallest absolute Gasteiger partial charge is 0.275 e. The third-order valence-corrected chi connectivity index (χ3v) is 4.66. The minimum Gasteiger partial charge on any atom is -0.309 e. The van der Waals surface area contributed by atoms with Gasteiger partial charge in [0, 0.05) is 22.5 Å². The predicted molar refractivity (Wildman–Crippen MR) is 104 cm³/mol. The van der Waals surface area contributed by atoms with Crippen molar-refractivity contribution >= 4 is 38.4 Å². The standard InChI is InChI=1S/C18H20BrN5O2/c1-10(2)16-14-7-12(19)5-6-13(14)18(26)24(22-16)9-15(25)21-17-11(3)8-20-23(17)4/h5-8,10H,9H2,1-4H3,(H,21,25). The number of halogens is 1. The van der Waals surface area contributed by atoms with Gasteiger partial charge in [-0.25, -0.2) is 4.68 Å². The molecule has 26 heavy (non-hydrogen) atoms. The third kappa shape index (κ3) is 3.41. The topological polar surface area (TPSA) is 81.8 Å². The van der Waals surface area contributed by atoms with Crippen molar-refractivity contribution in [2.45, 2.75) is 33.2 Å². The van der Waals surface area contributed by atoms with Gasteiger partial charge in [0.05, 0.1) is 17.3 Å². The molecular formula is C18H20BrN5O2. The van der Waals surface area contributed by atoms with E-state index in [9.17, 15) is 9.59 Å². The minimum atomic E-state index is -0.322. The van der Waals surface area contributed by atoms with Crippen molar-refractivity contribution in [2.75, 3.05) is 5.32 Å². The number of anilines is 1. The maximum absolute atomic E-state index is 12.8. The van der Waals surface area contributed by atoms with Crippen molar-refractivity contribution < 1.29 is 4.79 Å². The van der Waals surface area contributed by atoms with Gasteiger partial charge in [-0.2, -0.15) is 10.2 Å². The van der Waals surface area contributed by atoms with Crippen molar-refractivity contribution in [1.29, 1.82) is 0 Å². The number of benzene rings is 1. The number of aromatic nitrogens is 4. The Balaban J connectivity index is 2.00. The predicted octanol–water partition coefficient (Wildman–Crippen LogP) is 2.96. The van der Waals surface area contributed by atoms with Crippen LogP contribution in [0.15, 0.2) is 33.7 Å². The number of carbonyl (C=O) groups is 1. The van der Waals surface area contributed by atoms with Gasteiger partial charge in [-0.05, 0) is 31.0 Å². The largest absolute Gasteiger partial charge is 0.309 e. The van der Waals surface area contributed by atoms with Crippen LogP contribution in [0.4, 0.5) is 5.82 Å². The average Bonchev–Trinajstić information content (AvgIpc) is 2.89. The Morgan fingerprint density at radius 3 is 2.65 bits per heavy atom. The van der Waals surface area contributed by atoms with E-state index in [0.717, 1.165) is 21.1 Å². The summed E-state index contributed by atoms with van der Waals surface area (Å²) in [5.41, 5.74) is 1.35. The number of nitrogens with one attached hydrogen (secondary N) is 1. The molecule has 0 aliphatic heterocycles. The van der Waals surface area contributed by atoms with Gasteiger partial charge in [-0.15, -0.1) is 0 Å². The molecule has 136 valence electrons.